The summed E-state index contributed by atoms with van der Waals surface area (Å²) in [6.07, 6.45) is 1.66. The quantitative estimate of drug-likeness (QED) is 0.809. The number of rotatable bonds is 6. The van der Waals surface area contributed by atoms with Crippen LogP contribution >= 0.6 is 0 Å². The van der Waals surface area contributed by atoms with Crippen molar-refractivity contribution in [2.75, 3.05) is 19.7 Å². The lowest BCUT2D eigenvalue weighted by molar-refractivity contribution is -0.126. The maximum absolute atomic E-state index is 12.9. The van der Waals surface area contributed by atoms with Crippen molar-refractivity contribution in [3.8, 4) is 5.75 Å². The highest BCUT2D eigenvalue weighted by atomic mass is 16.5. The molecular weight excluding hydrogens is 364 g/mol. The van der Waals surface area contributed by atoms with E-state index in [0.29, 0.717) is 31.8 Å². The molecule has 5 heteroatoms. The Labute approximate surface area is 173 Å². The van der Waals surface area contributed by atoms with E-state index in [1.54, 1.807) is 0 Å². The highest BCUT2D eigenvalue weighted by Gasteiger charge is 2.29. The van der Waals surface area contributed by atoms with E-state index in [4.69, 9.17) is 4.74 Å². The zero-order chi connectivity index (χ0) is 20.8. The van der Waals surface area contributed by atoms with Crippen LogP contribution < -0.4 is 10.1 Å². The molecule has 2 aromatic rings. The van der Waals surface area contributed by atoms with Crippen molar-refractivity contribution in [1.82, 2.24) is 10.2 Å². The first-order valence-corrected chi connectivity index (χ1v) is 10.3. The van der Waals surface area contributed by atoms with Gasteiger partial charge in [0, 0.05) is 25.2 Å². The standard InChI is InChI=1S/C24H30N2O3/c1-4-29-22-9-7-19(8-10-22)15-25-23(27)20-6-5-11-26(16-20)24(28)21-13-17(2)12-18(3)14-21/h7-10,12-14,20H,4-6,11,15-16H2,1-3H3,(H,25,27)/t20-/m1/s1. The van der Waals surface area contributed by atoms with Gasteiger partial charge in [0.1, 0.15) is 5.75 Å². The largest absolute Gasteiger partial charge is 0.494 e. The molecule has 1 saturated heterocycles. The predicted octanol–water partition coefficient (Wildman–Crippen LogP) is 3.87. The van der Waals surface area contributed by atoms with Crippen LogP contribution in [-0.2, 0) is 11.3 Å². The molecule has 0 saturated carbocycles. The van der Waals surface area contributed by atoms with Crippen LogP contribution in [0.2, 0.25) is 0 Å². The first-order valence-electron chi connectivity index (χ1n) is 10.3. The van der Waals surface area contributed by atoms with Gasteiger partial charge in [0.15, 0.2) is 0 Å². The van der Waals surface area contributed by atoms with E-state index in [2.05, 4.69) is 11.4 Å². The molecule has 29 heavy (non-hydrogen) atoms. The normalized spacial score (nSPS) is 16.4. The fourth-order valence-electron chi connectivity index (χ4n) is 3.86. The van der Waals surface area contributed by atoms with Gasteiger partial charge >= 0.3 is 0 Å². The minimum atomic E-state index is -0.165. The molecule has 1 heterocycles. The third-order valence-electron chi connectivity index (χ3n) is 5.25. The van der Waals surface area contributed by atoms with E-state index < -0.39 is 0 Å². The third kappa shape index (κ3) is 5.59. The van der Waals surface area contributed by atoms with Crippen LogP contribution in [-0.4, -0.2) is 36.4 Å². The monoisotopic (exact) mass is 394 g/mol. The Morgan fingerprint density at radius 1 is 1.10 bits per heavy atom. The van der Waals surface area contributed by atoms with Gasteiger partial charge in [-0.05, 0) is 63.4 Å². The number of amides is 2. The molecular formula is C24H30N2O3. The molecule has 2 amide bonds. The first-order chi connectivity index (χ1) is 14.0. The third-order valence-corrected chi connectivity index (χ3v) is 5.25. The number of hydrogen-bond acceptors (Lipinski definition) is 3. The molecule has 3 rings (SSSR count). The average Bonchev–Trinajstić information content (AvgIpc) is 2.72. The number of piperidine rings is 1. The molecule has 0 aromatic heterocycles. The van der Waals surface area contributed by atoms with Crippen LogP contribution in [0, 0.1) is 19.8 Å². The Morgan fingerprint density at radius 2 is 1.79 bits per heavy atom. The minimum absolute atomic E-state index is 0.0109. The Bertz CT molecular complexity index is 841. The summed E-state index contributed by atoms with van der Waals surface area (Å²) in [4.78, 5) is 27.4. The topological polar surface area (TPSA) is 58.6 Å². The van der Waals surface area contributed by atoms with E-state index in [1.807, 2.05) is 62.1 Å². The number of benzene rings is 2. The summed E-state index contributed by atoms with van der Waals surface area (Å²) < 4.78 is 5.44. The summed E-state index contributed by atoms with van der Waals surface area (Å²) in [7, 11) is 0. The van der Waals surface area contributed by atoms with Gasteiger partial charge in [0.2, 0.25) is 5.91 Å². The maximum Gasteiger partial charge on any atom is 0.253 e. The summed E-state index contributed by atoms with van der Waals surface area (Å²) in [6, 6.07) is 13.6. The van der Waals surface area contributed by atoms with Crippen LogP contribution in [0.5, 0.6) is 5.75 Å². The second-order valence-corrected chi connectivity index (χ2v) is 7.76. The number of carbonyl (C=O) groups excluding carboxylic acids is 2. The molecule has 0 aliphatic carbocycles. The van der Waals surface area contributed by atoms with Crippen LogP contribution in [0.25, 0.3) is 0 Å². The van der Waals surface area contributed by atoms with Crippen molar-refractivity contribution in [1.29, 1.82) is 0 Å². The summed E-state index contributed by atoms with van der Waals surface area (Å²) in [5.41, 5.74) is 3.89. The van der Waals surface area contributed by atoms with Gasteiger partial charge in [-0.25, -0.2) is 0 Å². The maximum atomic E-state index is 12.9. The molecule has 0 bridgehead atoms. The lowest BCUT2D eigenvalue weighted by Crippen LogP contribution is -2.45. The minimum Gasteiger partial charge on any atom is -0.494 e. The van der Waals surface area contributed by atoms with Gasteiger partial charge in [-0.3, -0.25) is 9.59 Å². The van der Waals surface area contributed by atoms with E-state index >= 15 is 0 Å². The molecule has 1 atom stereocenters. The number of ether oxygens (including phenoxy) is 1. The summed E-state index contributed by atoms with van der Waals surface area (Å²) in [6.45, 7) is 8.23. The van der Waals surface area contributed by atoms with Crippen molar-refractivity contribution >= 4 is 11.8 Å². The molecule has 1 N–H and O–H groups in total. The highest BCUT2D eigenvalue weighted by Crippen LogP contribution is 2.20. The van der Waals surface area contributed by atoms with Crippen molar-refractivity contribution in [2.45, 2.75) is 40.2 Å². The predicted molar refractivity (Wildman–Crippen MR) is 114 cm³/mol. The van der Waals surface area contributed by atoms with Crippen molar-refractivity contribution in [3.63, 3.8) is 0 Å². The number of carbonyl (C=O) groups is 2. The van der Waals surface area contributed by atoms with E-state index in [9.17, 15) is 9.59 Å². The Kier molecular flexibility index (Phi) is 6.91. The smallest absolute Gasteiger partial charge is 0.253 e. The highest BCUT2D eigenvalue weighted by molar-refractivity contribution is 5.95. The van der Waals surface area contributed by atoms with Crippen molar-refractivity contribution in [2.24, 2.45) is 5.92 Å². The number of hydrogen-bond donors (Lipinski definition) is 1. The number of nitrogens with zero attached hydrogens (tertiary/aromatic N) is 1. The summed E-state index contributed by atoms with van der Waals surface area (Å²) in [5, 5.41) is 3.02. The molecule has 1 fully saturated rings. The van der Waals surface area contributed by atoms with Gasteiger partial charge in [0.05, 0.1) is 12.5 Å². The number of aryl methyl sites for hydroxylation is 2. The fourth-order valence-corrected chi connectivity index (χ4v) is 3.86. The first kappa shape index (κ1) is 20.9. The van der Waals surface area contributed by atoms with Gasteiger partial charge in [-0.1, -0.05) is 29.3 Å². The van der Waals surface area contributed by atoms with Gasteiger partial charge in [-0.15, -0.1) is 0 Å². The average molecular weight is 395 g/mol. The summed E-state index contributed by atoms with van der Waals surface area (Å²) in [5.74, 6) is 0.689. The van der Waals surface area contributed by atoms with Crippen molar-refractivity contribution < 1.29 is 14.3 Å². The second kappa shape index (κ2) is 9.59. The van der Waals surface area contributed by atoms with E-state index in [-0.39, 0.29) is 17.7 Å². The van der Waals surface area contributed by atoms with E-state index in [1.165, 1.54) is 0 Å². The van der Waals surface area contributed by atoms with E-state index in [0.717, 1.165) is 35.3 Å². The van der Waals surface area contributed by atoms with Crippen LogP contribution in [0.3, 0.4) is 0 Å². The number of likely N-dealkylation sites (tertiary alicyclic amines) is 1. The van der Waals surface area contributed by atoms with Gasteiger partial charge < -0.3 is 15.0 Å². The molecule has 0 radical (unpaired) electrons. The fraction of sp³-hybridized carbons (Fsp3) is 0.417. The molecule has 0 unspecified atom stereocenters. The Morgan fingerprint density at radius 3 is 2.45 bits per heavy atom. The van der Waals surface area contributed by atoms with Crippen LogP contribution in [0.15, 0.2) is 42.5 Å². The summed E-state index contributed by atoms with van der Waals surface area (Å²) >= 11 is 0. The SMILES string of the molecule is CCOc1ccc(CNC(=O)[C@@H]2CCCN(C(=O)c3cc(C)cc(C)c3)C2)cc1. The zero-order valence-electron chi connectivity index (χ0n) is 17.5. The van der Waals surface area contributed by atoms with Gasteiger partial charge in [-0.2, -0.15) is 0 Å². The van der Waals surface area contributed by atoms with Crippen LogP contribution in [0.4, 0.5) is 0 Å². The van der Waals surface area contributed by atoms with Crippen molar-refractivity contribution in [3.05, 3.63) is 64.7 Å². The lowest BCUT2D eigenvalue weighted by atomic mass is 9.96. The van der Waals surface area contributed by atoms with Gasteiger partial charge in [0.25, 0.3) is 5.91 Å². The molecule has 154 valence electrons. The molecule has 1 aliphatic heterocycles. The molecule has 2 aromatic carbocycles. The Balaban J connectivity index is 1.56. The zero-order valence-corrected chi connectivity index (χ0v) is 17.5. The Hall–Kier alpha value is -2.82. The molecule has 5 nitrogen and oxygen atoms in total. The second-order valence-electron chi connectivity index (χ2n) is 7.76. The van der Waals surface area contributed by atoms with Crippen LogP contribution in [0.1, 0.15) is 46.8 Å². The number of nitrogens with one attached hydrogen (secondary N) is 1. The lowest BCUT2D eigenvalue weighted by Gasteiger charge is -2.32. The molecule has 1 aliphatic rings. The molecule has 0 spiro atoms.